The molecular weight excluding hydrogens is 362 g/mol. The van der Waals surface area contributed by atoms with Gasteiger partial charge >= 0.3 is 5.97 Å². The average Bonchev–Trinajstić information content (AvgIpc) is 3.02. The standard InChI is InChI=1S/C11H9N5O4S3/c1-23(19,20)6-2-3-7-8(4-6)21-11(12-7)22-10-13-15-16(14-10)5-9(17)18/h2-4H,5H2,1H3,(H,17,18). The van der Waals surface area contributed by atoms with Crippen LogP contribution >= 0.6 is 23.1 Å². The molecule has 23 heavy (non-hydrogen) atoms. The van der Waals surface area contributed by atoms with E-state index >= 15 is 0 Å². The van der Waals surface area contributed by atoms with Crippen LogP contribution in [0, 0.1) is 0 Å². The number of carboxylic acid groups (broad SMARTS) is 1. The number of hydrogen-bond donors (Lipinski definition) is 1. The Morgan fingerprint density at radius 2 is 2.22 bits per heavy atom. The predicted octanol–water partition coefficient (Wildman–Crippen LogP) is 0.922. The minimum atomic E-state index is -3.27. The number of carboxylic acids is 1. The van der Waals surface area contributed by atoms with Crippen LogP contribution in [0.2, 0.25) is 0 Å². The van der Waals surface area contributed by atoms with E-state index in [2.05, 4.69) is 20.4 Å². The summed E-state index contributed by atoms with van der Waals surface area (Å²) in [7, 11) is -3.27. The highest BCUT2D eigenvalue weighted by molar-refractivity contribution is 8.01. The fourth-order valence-electron chi connectivity index (χ4n) is 1.69. The van der Waals surface area contributed by atoms with Gasteiger partial charge in [0.25, 0.3) is 0 Å². The van der Waals surface area contributed by atoms with E-state index in [1.54, 1.807) is 12.1 Å². The smallest absolute Gasteiger partial charge is 0.327 e. The molecule has 0 aliphatic heterocycles. The summed E-state index contributed by atoms with van der Waals surface area (Å²) >= 11 is 2.43. The number of benzene rings is 1. The van der Waals surface area contributed by atoms with Crippen LogP contribution in [0.5, 0.6) is 0 Å². The maximum atomic E-state index is 11.6. The Bertz CT molecular complexity index is 994. The third kappa shape index (κ3) is 3.65. The molecule has 0 atom stereocenters. The molecule has 12 heteroatoms. The van der Waals surface area contributed by atoms with Crippen molar-refractivity contribution in [3.63, 3.8) is 0 Å². The van der Waals surface area contributed by atoms with Crippen molar-refractivity contribution in [1.29, 1.82) is 0 Å². The Labute approximate surface area is 138 Å². The molecule has 0 bridgehead atoms. The molecule has 0 saturated heterocycles. The topological polar surface area (TPSA) is 128 Å². The molecule has 0 spiro atoms. The molecule has 0 saturated carbocycles. The van der Waals surface area contributed by atoms with Gasteiger partial charge in [-0.3, -0.25) is 4.79 Å². The Morgan fingerprint density at radius 3 is 2.91 bits per heavy atom. The van der Waals surface area contributed by atoms with E-state index < -0.39 is 15.8 Å². The van der Waals surface area contributed by atoms with Crippen LogP contribution in [0.4, 0.5) is 0 Å². The van der Waals surface area contributed by atoms with Gasteiger partial charge in [-0.15, -0.1) is 21.5 Å². The van der Waals surface area contributed by atoms with E-state index in [1.165, 1.54) is 17.4 Å². The van der Waals surface area contributed by atoms with Crippen LogP contribution in [0.3, 0.4) is 0 Å². The molecule has 0 amide bonds. The summed E-state index contributed by atoms with van der Waals surface area (Å²) in [5.41, 5.74) is 0.669. The molecule has 3 rings (SSSR count). The van der Waals surface area contributed by atoms with Gasteiger partial charge in [0.15, 0.2) is 20.7 Å². The van der Waals surface area contributed by atoms with Crippen molar-refractivity contribution < 1.29 is 18.3 Å². The normalized spacial score (nSPS) is 11.9. The van der Waals surface area contributed by atoms with Crippen molar-refractivity contribution in [2.75, 3.05) is 6.26 Å². The van der Waals surface area contributed by atoms with E-state index in [9.17, 15) is 13.2 Å². The third-order valence-corrected chi connectivity index (χ3v) is 5.69. The fourth-order valence-corrected chi connectivity index (χ4v) is 4.32. The van der Waals surface area contributed by atoms with E-state index in [0.717, 1.165) is 27.5 Å². The van der Waals surface area contributed by atoms with E-state index in [1.807, 2.05) is 0 Å². The number of carbonyl (C=O) groups is 1. The molecule has 0 aliphatic rings. The highest BCUT2D eigenvalue weighted by atomic mass is 32.2. The van der Waals surface area contributed by atoms with E-state index in [-0.39, 0.29) is 16.6 Å². The molecule has 0 unspecified atom stereocenters. The lowest BCUT2D eigenvalue weighted by atomic mass is 10.3. The van der Waals surface area contributed by atoms with Gasteiger partial charge in [0, 0.05) is 6.26 Å². The van der Waals surface area contributed by atoms with Gasteiger partial charge in [-0.1, -0.05) is 0 Å². The van der Waals surface area contributed by atoms with E-state index in [4.69, 9.17) is 5.11 Å². The number of thiazole rings is 1. The van der Waals surface area contributed by atoms with Gasteiger partial charge in [0.1, 0.15) is 0 Å². The van der Waals surface area contributed by atoms with Gasteiger partial charge < -0.3 is 5.11 Å². The van der Waals surface area contributed by atoms with Crippen molar-refractivity contribution in [3.05, 3.63) is 18.2 Å². The SMILES string of the molecule is CS(=O)(=O)c1ccc2nc(Sc3nnn(CC(=O)O)n3)sc2c1. The first kappa shape index (κ1) is 15.8. The van der Waals surface area contributed by atoms with Crippen LogP contribution in [-0.2, 0) is 21.2 Å². The number of nitrogens with zero attached hydrogens (tertiary/aromatic N) is 5. The molecular formula is C11H9N5O4S3. The number of sulfone groups is 1. The summed E-state index contributed by atoms with van der Waals surface area (Å²) in [5.74, 6) is -1.06. The second-order valence-corrected chi connectivity index (χ2v) is 8.74. The summed E-state index contributed by atoms with van der Waals surface area (Å²) < 4.78 is 24.5. The number of fused-ring (bicyclic) bond motifs is 1. The number of aliphatic carboxylic acids is 1. The second kappa shape index (κ2) is 5.86. The molecule has 0 aliphatic carbocycles. The molecule has 1 N–H and O–H groups in total. The second-order valence-electron chi connectivity index (χ2n) is 4.48. The number of rotatable bonds is 5. The third-order valence-electron chi connectivity index (χ3n) is 2.66. The summed E-state index contributed by atoms with van der Waals surface area (Å²) in [4.78, 5) is 16.1. The molecule has 0 radical (unpaired) electrons. The molecule has 120 valence electrons. The van der Waals surface area contributed by atoms with Crippen molar-refractivity contribution in [2.45, 2.75) is 20.9 Å². The van der Waals surface area contributed by atoms with Gasteiger partial charge in [-0.2, -0.15) is 4.80 Å². The fraction of sp³-hybridized carbons (Fsp3) is 0.182. The molecule has 0 fully saturated rings. The summed E-state index contributed by atoms with van der Waals surface area (Å²) in [6.45, 7) is -0.370. The highest BCUT2D eigenvalue weighted by Gasteiger charge is 2.13. The van der Waals surface area contributed by atoms with Gasteiger partial charge in [-0.05, 0) is 35.2 Å². The first-order valence-electron chi connectivity index (χ1n) is 6.09. The highest BCUT2D eigenvalue weighted by Crippen LogP contribution is 2.33. The number of aromatic nitrogens is 5. The van der Waals surface area contributed by atoms with Crippen LogP contribution in [0.15, 0.2) is 32.6 Å². The first-order valence-corrected chi connectivity index (χ1v) is 9.62. The lowest BCUT2D eigenvalue weighted by Gasteiger charge is -1.96. The lowest BCUT2D eigenvalue weighted by molar-refractivity contribution is -0.138. The quantitative estimate of drug-likeness (QED) is 0.696. The predicted molar refractivity (Wildman–Crippen MR) is 82.3 cm³/mol. The molecule has 2 aromatic heterocycles. The van der Waals surface area contributed by atoms with Crippen LogP contribution in [0.1, 0.15) is 0 Å². The Kier molecular flexibility index (Phi) is 4.04. The van der Waals surface area contributed by atoms with Crippen molar-refractivity contribution in [1.82, 2.24) is 25.2 Å². The maximum absolute atomic E-state index is 11.6. The summed E-state index contributed by atoms with van der Waals surface area (Å²) in [6, 6.07) is 4.72. The summed E-state index contributed by atoms with van der Waals surface area (Å²) in [6.07, 6.45) is 1.15. The minimum Gasteiger partial charge on any atom is -0.480 e. The van der Waals surface area contributed by atoms with Crippen LogP contribution < -0.4 is 0 Å². The van der Waals surface area contributed by atoms with Gasteiger partial charge in [0.2, 0.25) is 5.16 Å². The van der Waals surface area contributed by atoms with Gasteiger partial charge in [-0.25, -0.2) is 13.4 Å². The Morgan fingerprint density at radius 1 is 1.43 bits per heavy atom. The Balaban J connectivity index is 1.86. The molecule has 1 aromatic carbocycles. The summed E-state index contributed by atoms with van der Waals surface area (Å²) in [5, 5.41) is 20.2. The van der Waals surface area contributed by atoms with E-state index in [0.29, 0.717) is 9.86 Å². The average molecular weight is 371 g/mol. The molecule has 2 heterocycles. The van der Waals surface area contributed by atoms with Crippen molar-refractivity contribution >= 4 is 49.1 Å². The van der Waals surface area contributed by atoms with Crippen LogP contribution in [-0.4, -0.2) is 50.9 Å². The molecule has 9 nitrogen and oxygen atoms in total. The largest absolute Gasteiger partial charge is 0.480 e. The Hall–Kier alpha value is -2.05. The zero-order valence-corrected chi connectivity index (χ0v) is 14.0. The number of tetrazole rings is 1. The minimum absolute atomic E-state index is 0.232. The lowest BCUT2D eigenvalue weighted by Crippen LogP contribution is -2.11. The zero-order chi connectivity index (χ0) is 16.6. The molecule has 3 aromatic rings. The first-order chi connectivity index (χ1) is 10.8. The monoisotopic (exact) mass is 371 g/mol. The van der Waals surface area contributed by atoms with Gasteiger partial charge in [0.05, 0.1) is 15.1 Å². The van der Waals surface area contributed by atoms with Crippen LogP contribution in [0.25, 0.3) is 10.2 Å². The van der Waals surface area contributed by atoms with Crippen molar-refractivity contribution in [3.8, 4) is 0 Å². The van der Waals surface area contributed by atoms with Crippen molar-refractivity contribution in [2.24, 2.45) is 0 Å². The number of hydrogen-bond acceptors (Lipinski definition) is 9. The maximum Gasteiger partial charge on any atom is 0.327 e. The zero-order valence-electron chi connectivity index (χ0n) is 11.6.